The second kappa shape index (κ2) is 4.73. The second-order valence-corrected chi connectivity index (χ2v) is 6.47. The van der Waals surface area contributed by atoms with Crippen molar-refractivity contribution in [3.8, 4) is 5.75 Å². The van der Waals surface area contributed by atoms with Crippen LogP contribution < -0.4 is 9.46 Å². The van der Waals surface area contributed by atoms with Gasteiger partial charge < -0.3 is 4.74 Å². The van der Waals surface area contributed by atoms with Crippen LogP contribution in [0.5, 0.6) is 5.75 Å². The molecule has 1 aliphatic rings. The molecule has 0 amide bonds. The van der Waals surface area contributed by atoms with E-state index in [1.54, 1.807) is 6.07 Å². The largest absolute Gasteiger partial charge is 0.487 e. The maximum atomic E-state index is 11.2. The molecule has 0 radical (unpaired) electrons. The minimum absolute atomic E-state index is 0.206. The molecule has 7 heteroatoms. The first-order valence-corrected chi connectivity index (χ1v) is 8.29. The van der Waals surface area contributed by atoms with Crippen LogP contribution in [0.3, 0.4) is 0 Å². The molecule has 1 fully saturated rings. The summed E-state index contributed by atoms with van der Waals surface area (Å²) in [4.78, 5) is 4.21. The summed E-state index contributed by atoms with van der Waals surface area (Å²) < 4.78 is 30.5. The van der Waals surface area contributed by atoms with Gasteiger partial charge in [0.05, 0.1) is 17.4 Å². The molecule has 1 saturated carbocycles. The van der Waals surface area contributed by atoms with Gasteiger partial charge in [0.15, 0.2) is 11.6 Å². The number of nitrogens with zero attached hydrogens (tertiary/aromatic N) is 1. The third-order valence-electron chi connectivity index (χ3n) is 2.14. The summed E-state index contributed by atoms with van der Waals surface area (Å²) in [7, 11) is -3.34. The molecule has 0 spiro atoms. The van der Waals surface area contributed by atoms with Crippen LogP contribution in [-0.4, -0.2) is 32.0 Å². The number of sulfonamides is 1. The van der Waals surface area contributed by atoms with Crippen molar-refractivity contribution < 1.29 is 13.2 Å². The molecule has 1 heterocycles. The summed E-state index contributed by atoms with van der Waals surface area (Å²) in [5.41, 5.74) is 0. The lowest BCUT2D eigenvalue weighted by atomic mass is 10.4. The Morgan fingerprint density at radius 2 is 2.18 bits per heavy atom. The molecule has 5 nitrogen and oxygen atoms in total. The molecule has 1 aliphatic carbocycles. The summed E-state index contributed by atoms with van der Waals surface area (Å²) in [6.45, 7) is 0. The average Bonchev–Trinajstić information content (AvgIpc) is 3.02. The first-order valence-electron chi connectivity index (χ1n) is 5.17. The van der Waals surface area contributed by atoms with E-state index in [0.29, 0.717) is 5.75 Å². The van der Waals surface area contributed by atoms with E-state index in [-0.39, 0.29) is 11.9 Å². The third-order valence-corrected chi connectivity index (χ3v) is 3.35. The Hall–Kier alpha value is -0.950. The van der Waals surface area contributed by atoms with Crippen LogP contribution in [0, 0.1) is 0 Å². The first kappa shape index (κ1) is 12.5. The molecule has 0 aliphatic heterocycles. The standard InChI is InChI=1S/C10H14N2O3S2/c1-16-9-6-5-8(15-7-3-4-7)10(11-9)12-17(2,13)14/h5-7H,3-4H2,1-2H3,(H,11,12). The molecule has 2 rings (SSSR count). The van der Waals surface area contributed by atoms with E-state index in [4.69, 9.17) is 4.74 Å². The summed E-state index contributed by atoms with van der Waals surface area (Å²) in [5.74, 6) is 0.766. The Morgan fingerprint density at radius 3 is 2.71 bits per heavy atom. The lowest BCUT2D eigenvalue weighted by Gasteiger charge is -2.11. The molecule has 1 N–H and O–H groups in total. The number of pyridine rings is 1. The second-order valence-electron chi connectivity index (χ2n) is 3.89. The number of rotatable bonds is 5. The highest BCUT2D eigenvalue weighted by Crippen LogP contribution is 2.32. The Balaban J connectivity index is 2.28. The molecule has 0 saturated heterocycles. The molecular formula is C10H14N2O3S2. The maximum Gasteiger partial charge on any atom is 0.231 e. The van der Waals surface area contributed by atoms with Gasteiger partial charge in [-0.25, -0.2) is 13.4 Å². The smallest absolute Gasteiger partial charge is 0.231 e. The number of hydrogen-bond donors (Lipinski definition) is 1. The van der Waals surface area contributed by atoms with Crippen LogP contribution in [0.2, 0.25) is 0 Å². The number of thioether (sulfide) groups is 1. The van der Waals surface area contributed by atoms with Crippen molar-refractivity contribution in [2.75, 3.05) is 17.2 Å². The van der Waals surface area contributed by atoms with Gasteiger partial charge in [-0.15, -0.1) is 11.8 Å². The van der Waals surface area contributed by atoms with E-state index < -0.39 is 10.0 Å². The van der Waals surface area contributed by atoms with Gasteiger partial charge in [0.25, 0.3) is 0 Å². The molecule has 94 valence electrons. The van der Waals surface area contributed by atoms with Gasteiger partial charge in [0, 0.05) is 0 Å². The Labute approximate surface area is 105 Å². The summed E-state index contributed by atoms with van der Waals surface area (Å²) >= 11 is 1.45. The van der Waals surface area contributed by atoms with Crippen molar-refractivity contribution in [2.24, 2.45) is 0 Å². The quantitative estimate of drug-likeness (QED) is 0.828. The van der Waals surface area contributed by atoms with Crippen LogP contribution in [0.4, 0.5) is 5.82 Å². The predicted octanol–water partition coefficient (Wildman–Crippen LogP) is 1.72. The zero-order valence-electron chi connectivity index (χ0n) is 9.63. The van der Waals surface area contributed by atoms with E-state index in [1.165, 1.54) is 11.8 Å². The Bertz CT molecular complexity index is 512. The number of hydrogen-bond acceptors (Lipinski definition) is 5. The molecule has 0 unspecified atom stereocenters. The highest BCUT2D eigenvalue weighted by atomic mass is 32.2. The summed E-state index contributed by atoms with van der Waals surface area (Å²) in [6, 6.07) is 3.57. The summed E-state index contributed by atoms with van der Waals surface area (Å²) in [6.07, 6.45) is 5.22. The highest BCUT2D eigenvalue weighted by molar-refractivity contribution is 7.98. The average molecular weight is 274 g/mol. The Kier molecular flexibility index (Phi) is 3.48. The minimum Gasteiger partial charge on any atom is -0.487 e. The fourth-order valence-corrected chi connectivity index (χ4v) is 2.14. The van der Waals surface area contributed by atoms with Crippen LogP contribution >= 0.6 is 11.8 Å². The van der Waals surface area contributed by atoms with Gasteiger partial charge in [0.1, 0.15) is 0 Å². The number of ether oxygens (including phenoxy) is 1. The van der Waals surface area contributed by atoms with Gasteiger partial charge in [-0.1, -0.05) is 0 Å². The van der Waals surface area contributed by atoms with Crippen molar-refractivity contribution >= 4 is 27.6 Å². The molecule has 0 aromatic carbocycles. The van der Waals surface area contributed by atoms with Crippen LogP contribution in [0.1, 0.15) is 12.8 Å². The lowest BCUT2D eigenvalue weighted by molar-refractivity contribution is 0.303. The zero-order chi connectivity index (χ0) is 12.5. The number of anilines is 1. The third kappa shape index (κ3) is 3.78. The fraction of sp³-hybridized carbons (Fsp3) is 0.500. The SMILES string of the molecule is CSc1ccc(OC2CC2)c(NS(C)(=O)=O)n1. The van der Waals surface area contributed by atoms with Crippen molar-refractivity contribution in [2.45, 2.75) is 24.0 Å². The van der Waals surface area contributed by atoms with Gasteiger partial charge in [-0.05, 0) is 31.2 Å². The van der Waals surface area contributed by atoms with E-state index in [0.717, 1.165) is 24.1 Å². The lowest BCUT2D eigenvalue weighted by Crippen LogP contribution is -2.13. The molecule has 1 aromatic rings. The number of nitrogens with one attached hydrogen (secondary N) is 1. The van der Waals surface area contributed by atoms with Crippen molar-refractivity contribution in [3.05, 3.63) is 12.1 Å². The van der Waals surface area contributed by atoms with Gasteiger partial charge in [0.2, 0.25) is 10.0 Å². The minimum atomic E-state index is -3.34. The van der Waals surface area contributed by atoms with Gasteiger partial charge >= 0.3 is 0 Å². The monoisotopic (exact) mass is 274 g/mol. The number of aromatic nitrogens is 1. The molecule has 0 bridgehead atoms. The van der Waals surface area contributed by atoms with Crippen molar-refractivity contribution in [1.82, 2.24) is 4.98 Å². The predicted molar refractivity (Wildman–Crippen MR) is 68.1 cm³/mol. The maximum absolute atomic E-state index is 11.2. The fourth-order valence-electron chi connectivity index (χ4n) is 1.25. The topological polar surface area (TPSA) is 68.3 Å². The van der Waals surface area contributed by atoms with Crippen molar-refractivity contribution in [3.63, 3.8) is 0 Å². The van der Waals surface area contributed by atoms with Gasteiger partial charge in [-0.3, -0.25) is 4.72 Å². The van der Waals surface area contributed by atoms with E-state index in [1.807, 2.05) is 12.3 Å². The van der Waals surface area contributed by atoms with E-state index >= 15 is 0 Å². The molecular weight excluding hydrogens is 260 g/mol. The van der Waals surface area contributed by atoms with Crippen LogP contribution in [-0.2, 0) is 10.0 Å². The van der Waals surface area contributed by atoms with Crippen molar-refractivity contribution in [1.29, 1.82) is 0 Å². The highest BCUT2D eigenvalue weighted by Gasteiger charge is 2.25. The molecule has 1 aromatic heterocycles. The molecule has 0 atom stereocenters. The van der Waals surface area contributed by atoms with Crippen LogP contribution in [0.25, 0.3) is 0 Å². The molecule has 17 heavy (non-hydrogen) atoms. The van der Waals surface area contributed by atoms with Gasteiger partial charge in [-0.2, -0.15) is 0 Å². The Morgan fingerprint density at radius 1 is 1.47 bits per heavy atom. The zero-order valence-corrected chi connectivity index (χ0v) is 11.3. The van der Waals surface area contributed by atoms with Crippen LogP contribution in [0.15, 0.2) is 17.2 Å². The van der Waals surface area contributed by atoms with E-state index in [9.17, 15) is 8.42 Å². The normalized spacial score (nSPS) is 15.6. The summed E-state index contributed by atoms with van der Waals surface area (Å²) in [5, 5.41) is 0.749. The van der Waals surface area contributed by atoms with E-state index in [2.05, 4.69) is 9.71 Å². The first-order chi connectivity index (χ1) is 7.98.